The molecule has 0 radical (unpaired) electrons. The van der Waals surface area contributed by atoms with Crippen LogP contribution in [0.4, 0.5) is 0 Å². The largest absolute Gasteiger partial charge is 0.466 e. The van der Waals surface area contributed by atoms with Gasteiger partial charge in [0.25, 0.3) is 0 Å². The SMILES string of the molecule is CNC(c1ccncn1)c1occc1Br. The molecule has 0 spiro atoms. The van der Waals surface area contributed by atoms with Gasteiger partial charge in [0.15, 0.2) is 0 Å². The van der Waals surface area contributed by atoms with Gasteiger partial charge in [0.2, 0.25) is 0 Å². The first kappa shape index (κ1) is 10.3. The fourth-order valence-electron chi connectivity index (χ4n) is 1.40. The Balaban J connectivity index is 2.37. The minimum Gasteiger partial charge on any atom is -0.466 e. The van der Waals surface area contributed by atoms with Gasteiger partial charge >= 0.3 is 0 Å². The molecule has 1 unspecified atom stereocenters. The zero-order chi connectivity index (χ0) is 10.7. The third kappa shape index (κ3) is 2.08. The maximum atomic E-state index is 5.40. The number of nitrogens with zero attached hydrogens (tertiary/aromatic N) is 2. The topological polar surface area (TPSA) is 51.0 Å². The standard InChI is InChI=1S/C10H10BrN3O/c1-12-9(8-2-4-13-6-14-8)10-7(11)3-5-15-10/h2-6,9,12H,1H3. The van der Waals surface area contributed by atoms with E-state index in [0.717, 1.165) is 15.9 Å². The predicted molar refractivity (Wildman–Crippen MR) is 59.3 cm³/mol. The summed E-state index contributed by atoms with van der Waals surface area (Å²) in [5.74, 6) is 0.816. The Morgan fingerprint density at radius 2 is 2.33 bits per heavy atom. The summed E-state index contributed by atoms with van der Waals surface area (Å²) in [5.41, 5.74) is 0.878. The van der Waals surface area contributed by atoms with Gasteiger partial charge in [-0.1, -0.05) is 0 Å². The molecule has 78 valence electrons. The van der Waals surface area contributed by atoms with Gasteiger partial charge in [-0.3, -0.25) is 0 Å². The van der Waals surface area contributed by atoms with Crippen molar-refractivity contribution in [1.82, 2.24) is 15.3 Å². The molecule has 0 saturated carbocycles. The minimum absolute atomic E-state index is 0.0580. The van der Waals surface area contributed by atoms with Crippen LogP contribution in [0, 0.1) is 0 Å². The van der Waals surface area contributed by atoms with E-state index in [1.807, 2.05) is 19.2 Å². The number of nitrogens with one attached hydrogen (secondary N) is 1. The molecule has 15 heavy (non-hydrogen) atoms. The highest BCUT2D eigenvalue weighted by atomic mass is 79.9. The quantitative estimate of drug-likeness (QED) is 0.926. The summed E-state index contributed by atoms with van der Waals surface area (Å²) in [6.07, 6.45) is 4.88. The molecule has 0 saturated heterocycles. The molecule has 0 amide bonds. The zero-order valence-corrected chi connectivity index (χ0v) is 9.73. The van der Waals surface area contributed by atoms with Crippen molar-refractivity contribution in [2.24, 2.45) is 0 Å². The van der Waals surface area contributed by atoms with E-state index in [1.54, 1.807) is 12.5 Å². The van der Waals surface area contributed by atoms with Crippen molar-refractivity contribution in [2.45, 2.75) is 6.04 Å². The van der Waals surface area contributed by atoms with Gasteiger partial charge in [0.05, 0.1) is 16.4 Å². The van der Waals surface area contributed by atoms with Gasteiger partial charge < -0.3 is 9.73 Å². The maximum Gasteiger partial charge on any atom is 0.140 e. The molecule has 0 aromatic carbocycles. The van der Waals surface area contributed by atoms with Crippen molar-refractivity contribution in [3.05, 3.63) is 46.8 Å². The normalized spacial score (nSPS) is 12.7. The average Bonchev–Trinajstić information content (AvgIpc) is 2.68. The fourth-order valence-corrected chi connectivity index (χ4v) is 1.83. The van der Waals surface area contributed by atoms with Crippen LogP contribution in [0.15, 0.2) is 39.8 Å². The Labute approximate surface area is 95.9 Å². The Morgan fingerprint density at radius 1 is 1.47 bits per heavy atom. The van der Waals surface area contributed by atoms with E-state index in [0.29, 0.717) is 0 Å². The van der Waals surface area contributed by atoms with Crippen LogP contribution in [0.1, 0.15) is 17.5 Å². The lowest BCUT2D eigenvalue weighted by Crippen LogP contribution is -2.18. The van der Waals surface area contributed by atoms with Crippen LogP contribution in [0.3, 0.4) is 0 Å². The number of hydrogen-bond donors (Lipinski definition) is 1. The van der Waals surface area contributed by atoms with E-state index in [4.69, 9.17) is 4.42 Å². The molecular formula is C10H10BrN3O. The number of aromatic nitrogens is 2. The Hall–Kier alpha value is -1.20. The summed E-state index contributed by atoms with van der Waals surface area (Å²) >= 11 is 3.43. The molecule has 1 atom stereocenters. The Kier molecular flexibility index (Phi) is 3.13. The zero-order valence-electron chi connectivity index (χ0n) is 8.14. The molecule has 5 heteroatoms. The van der Waals surface area contributed by atoms with Gasteiger partial charge in [-0.25, -0.2) is 9.97 Å². The molecule has 2 rings (SSSR count). The number of halogens is 1. The fraction of sp³-hybridized carbons (Fsp3) is 0.200. The van der Waals surface area contributed by atoms with Crippen LogP contribution in [0.2, 0.25) is 0 Å². The molecule has 2 heterocycles. The predicted octanol–water partition coefficient (Wildman–Crippen LogP) is 2.14. The van der Waals surface area contributed by atoms with E-state index in [1.165, 1.54) is 6.33 Å². The molecule has 0 aliphatic rings. The summed E-state index contributed by atoms with van der Waals surface area (Å²) in [7, 11) is 1.86. The highest BCUT2D eigenvalue weighted by molar-refractivity contribution is 9.10. The summed E-state index contributed by atoms with van der Waals surface area (Å²) in [6.45, 7) is 0. The Bertz CT molecular complexity index is 429. The van der Waals surface area contributed by atoms with Crippen molar-refractivity contribution in [2.75, 3.05) is 7.05 Å². The monoisotopic (exact) mass is 267 g/mol. The highest BCUT2D eigenvalue weighted by Gasteiger charge is 2.18. The lowest BCUT2D eigenvalue weighted by atomic mass is 10.1. The number of rotatable bonds is 3. The smallest absolute Gasteiger partial charge is 0.140 e. The van der Waals surface area contributed by atoms with Gasteiger partial charge in [0.1, 0.15) is 18.1 Å². The molecule has 4 nitrogen and oxygen atoms in total. The van der Waals surface area contributed by atoms with Crippen LogP contribution in [0.5, 0.6) is 0 Å². The third-order valence-corrected chi connectivity index (χ3v) is 2.75. The first-order valence-electron chi connectivity index (χ1n) is 4.49. The van der Waals surface area contributed by atoms with Crippen molar-refractivity contribution in [3.63, 3.8) is 0 Å². The van der Waals surface area contributed by atoms with Gasteiger partial charge in [-0.2, -0.15) is 0 Å². The number of furan rings is 1. The number of hydrogen-bond acceptors (Lipinski definition) is 4. The first-order valence-corrected chi connectivity index (χ1v) is 5.28. The van der Waals surface area contributed by atoms with E-state index < -0.39 is 0 Å². The van der Waals surface area contributed by atoms with Crippen LogP contribution < -0.4 is 5.32 Å². The van der Waals surface area contributed by atoms with E-state index in [2.05, 4.69) is 31.2 Å². The average molecular weight is 268 g/mol. The third-order valence-electron chi connectivity index (χ3n) is 2.10. The molecule has 0 bridgehead atoms. The summed E-state index contributed by atoms with van der Waals surface area (Å²) in [5, 5.41) is 3.15. The molecule has 2 aromatic rings. The van der Waals surface area contributed by atoms with E-state index >= 15 is 0 Å². The summed E-state index contributed by atoms with van der Waals surface area (Å²) < 4.78 is 6.33. The molecule has 1 N–H and O–H groups in total. The van der Waals surface area contributed by atoms with Crippen molar-refractivity contribution < 1.29 is 4.42 Å². The van der Waals surface area contributed by atoms with Crippen LogP contribution in [-0.2, 0) is 0 Å². The lowest BCUT2D eigenvalue weighted by Gasteiger charge is -2.12. The summed E-state index contributed by atoms with van der Waals surface area (Å²) in [4.78, 5) is 8.08. The van der Waals surface area contributed by atoms with Crippen LogP contribution in [0.25, 0.3) is 0 Å². The van der Waals surface area contributed by atoms with Crippen molar-refractivity contribution >= 4 is 15.9 Å². The Morgan fingerprint density at radius 3 is 2.87 bits per heavy atom. The van der Waals surface area contributed by atoms with Crippen LogP contribution >= 0.6 is 15.9 Å². The second kappa shape index (κ2) is 4.55. The van der Waals surface area contributed by atoms with Gasteiger partial charge in [-0.05, 0) is 35.1 Å². The van der Waals surface area contributed by atoms with E-state index in [9.17, 15) is 0 Å². The highest BCUT2D eigenvalue weighted by Crippen LogP contribution is 2.27. The minimum atomic E-state index is -0.0580. The van der Waals surface area contributed by atoms with Gasteiger partial charge in [-0.15, -0.1) is 0 Å². The van der Waals surface area contributed by atoms with Crippen LogP contribution in [-0.4, -0.2) is 17.0 Å². The van der Waals surface area contributed by atoms with Gasteiger partial charge in [0, 0.05) is 6.20 Å². The van der Waals surface area contributed by atoms with Crippen molar-refractivity contribution in [1.29, 1.82) is 0 Å². The summed E-state index contributed by atoms with van der Waals surface area (Å²) in [6, 6.07) is 3.66. The molecule has 0 aliphatic carbocycles. The maximum absolute atomic E-state index is 5.40. The lowest BCUT2D eigenvalue weighted by molar-refractivity contribution is 0.456. The molecule has 0 fully saturated rings. The molecular weight excluding hydrogens is 258 g/mol. The second-order valence-electron chi connectivity index (χ2n) is 2.99. The molecule has 0 aliphatic heterocycles. The molecule has 2 aromatic heterocycles. The first-order chi connectivity index (χ1) is 7.33. The van der Waals surface area contributed by atoms with Crippen molar-refractivity contribution in [3.8, 4) is 0 Å². The van der Waals surface area contributed by atoms with E-state index in [-0.39, 0.29) is 6.04 Å². The second-order valence-corrected chi connectivity index (χ2v) is 3.84.